The summed E-state index contributed by atoms with van der Waals surface area (Å²) in [5.74, 6) is 0. The lowest BCUT2D eigenvalue weighted by molar-refractivity contribution is 0.182. The largest absolute Gasteiger partial charge is 0.378 e. The first-order chi connectivity index (χ1) is 7.30. The molecule has 0 aliphatic heterocycles. The van der Waals surface area contributed by atoms with Crippen molar-refractivity contribution in [2.45, 2.75) is 26.9 Å². The van der Waals surface area contributed by atoms with E-state index >= 15 is 0 Å². The third-order valence-corrected chi connectivity index (χ3v) is 3.39. The summed E-state index contributed by atoms with van der Waals surface area (Å²) >= 11 is 1.73. The zero-order valence-electron chi connectivity index (χ0n) is 9.82. The number of ether oxygens (including phenoxy) is 1. The highest BCUT2D eigenvalue weighted by Crippen LogP contribution is 2.11. The van der Waals surface area contributed by atoms with Crippen LogP contribution < -0.4 is 0 Å². The first-order valence-electron chi connectivity index (χ1n) is 5.44. The van der Waals surface area contributed by atoms with Crippen LogP contribution in [0.3, 0.4) is 0 Å². The van der Waals surface area contributed by atoms with Crippen LogP contribution in [0.2, 0.25) is 0 Å². The van der Waals surface area contributed by atoms with Crippen LogP contribution in [0.15, 0.2) is 5.38 Å². The van der Waals surface area contributed by atoms with Crippen molar-refractivity contribution in [2.24, 2.45) is 0 Å². The Bertz CT molecular complexity index is 271. The second-order valence-corrected chi connectivity index (χ2v) is 4.39. The lowest BCUT2D eigenvalue weighted by Crippen LogP contribution is -2.25. The summed E-state index contributed by atoms with van der Waals surface area (Å²) in [5, 5.41) is 3.30. The maximum absolute atomic E-state index is 5.04. The molecule has 0 aliphatic rings. The van der Waals surface area contributed by atoms with Gasteiger partial charge in [-0.3, -0.25) is 0 Å². The SMILES string of the molecule is CCN(CC)CCc1nc(COC)cs1. The van der Waals surface area contributed by atoms with Crippen molar-refractivity contribution in [2.75, 3.05) is 26.7 Å². The molecule has 1 aromatic rings. The molecule has 1 heterocycles. The highest BCUT2D eigenvalue weighted by Gasteiger charge is 2.04. The second-order valence-electron chi connectivity index (χ2n) is 3.44. The van der Waals surface area contributed by atoms with Gasteiger partial charge in [0.05, 0.1) is 17.3 Å². The van der Waals surface area contributed by atoms with Gasteiger partial charge in [-0.25, -0.2) is 4.98 Å². The van der Waals surface area contributed by atoms with Crippen molar-refractivity contribution < 1.29 is 4.74 Å². The molecule has 0 fully saturated rings. The highest BCUT2D eigenvalue weighted by molar-refractivity contribution is 7.09. The third-order valence-electron chi connectivity index (χ3n) is 2.43. The summed E-state index contributed by atoms with van der Waals surface area (Å²) in [4.78, 5) is 6.92. The van der Waals surface area contributed by atoms with Gasteiger partial charge >= 0.3 is 0 Å². The zero-order chi connectivity index (χ0) is 11.1. The molecule has 0 saturated carbocycles. The molecular weight excluding hydrogens is 208 g/mol. The van der Waals surface area contributed by atoms with Crippen LogP contribution in [0.4, 0.5) is 0 Å². The van der Waals surface area contributed by atoms with Crippen LogP contribution >= 0.6 is 11.3 Å². The van der Waals surface area contributed by atoms with E-state index in [1.54, 1.807) is 18.4 Å². The average molecular weight is 228 g/mol. The Morgan fingerprint density at radius 1 is 1.40 bits per heavy atom. The molecule has 0 saturated heterocycles. The molecule has 0 aliphatic carbocycles. The summed E-state index contributed by atoms with van der Waals surface area (Å²) in [6, 6.07) is 0. The molecule has 0 spiro atoms. The van der Waals surface area contributed by atoms with Gasteiger partial charge < -0.3 is 9.64 Å². The van der Waals surface area contributed by atoms with Gasteiger partial charge in [0, 0.05) is 25.5 Å². The van der Waals surface area contributed by atoms with Crippen LogP contribution in [0.25, 0.3) is 0 Å². The normalized spacial score (nSPS) is 11.2. The van der Waals surface area contributed by atoms with Crippen LogP contribution in [-0.2, 0) is 17.8 Å². The Labute approximate surface area is 96.1 Å². The zero-order valence-corrected chi connectivity index (χ0v) is 10.6. The minimum atomic E-state index is 0.627. The molecular formula is C11H20N2OS. The number of rotatable bonds is 7. The molecule has 1 aromatic heterocycles. The van der Waals surface area contributed by atoms with Gasteiger partial charge in [0.2, 0.25) is 0 Å². The summed E-state index contributed by atoms with van der Waals surface area (Å²) in [6.07, 6.45) is 1.05. The van der Waals surface area contributed by atoms with E-state index in [9.17, 15) is 0 Å². The number of hydrogen-bond acceptors (Lipinski definition) is 4. The minimum absolute atomic E-state index is 0.627. The van der Waals surface area contributed by atoms with Crippen LogP contribution in [0.1, 0.15) is 24.5 Å². The summed E-state index contributed by atoms with van der Waals surface area (Å²) in [6.45, 7) is 8.36. The first-order valence-corrected chi connectivity index (χ1v) is 6.32. The monoisotopic (exact) mass is 228 g/mol. The molecule has 0 aromatic carbocycles. The van der Waals surface area contributed by atoms with Crippen LogP contribution in [-0.4, -0.2) is 36.6 Å². The summed E-state index contributed by atoms with van der Waals surface area (Å²) in [7, 11) is 1.70. The molecule has 15 heavy (non-hydrogen) atoms. The average Bonchev–Trinajstić information content (AvgIpc) is 2.68. The van der Waals surface area contributed by atoms with Gasteiger partial charge in [-0.05, 0) is 13.1 Å². The van der Waals surface area contributed by atoms with E-state index in [4.69, 9.17) is 4.74 Å². The van der Waals surface area contributed by atoms with Crippen LogP contribution in [0.5, 0.6) is 0 Å². The Morgan fingerprint density at radius 2 is 2.13 bits per heavy atom. The Hall–Kier alpha value is -0.450. The maximum Gasteiger partial charge on any atom is 0.0942 e. The van der Waals surface area contributed by atoms with E-state index in [0.717, 1.165) is 31.7 Å². The van der Waals surface area contributed by atoms with Crippen molar-refractivity contribution in [3.8, 4) is 0 Å². The van der Waals surface area contributed by atoms with Gasteiger partial charge in [-0.2, -0.15) is 0 Å². The van der Waals surface area contributed by atoms with E-state index in [0.29, 0.717) is 6.61 Å². The van der Waals surface area contributed by atoms with Gasteiger partial charge in [0.1, 0.15) is 0 Å². The predicted molar refractivity (Wildman–Crippen MR) is 64.3 cm³/mol. The van der Waals surface area contributed by atoms with E-state index in [2.05, 4.69) is 29.1 Å². The molecule has 4 heteroatoms. The molecule has 0 amide bonds. The van der Waals surface area contributed by atoms with Crippen LogP contribution in [0, 0.1) is 0 Å². The number of nitrogens with zero attached hydrogens (tertiary/aromatic N) is 2. The number of methoxy groups -OCH3 is 1. The molecule has 0 radical (unpaired) electrons. The van der Waals surface area contributed by atoms with Crippen molar-refractivity contribution in [1.82, 2.24) is 9.88 Å². The fraction of sp³-hybridized carbons (Fsp3) is 0.727. The molecule has 0 unspecified atom stereocenters. The maximum atomic E-state index is 5.04. The van der Waals surface area contributed by atoms with Gasteiger partial charge in [-0.15, -0.1) is 11.3 Å². The Balaban J connectivity index is 2.36. The summed E-state index contributed by atoms with van der Waals surface area (Å²) < 4.78 is 5.04. The van der Waals surface area contributed by atoms with Crippen molar-refractivity contribution >= 4 is 11.3 Å². The number of likely N-dealkylation sites (N-methyl/N-ethyl adjacent to an activating group) is 1. The Morgan fingerprint density at radius 3 is 2.73 bits per heavy atom. The molecule has 3 nitrogen and oxygen atoms in total. The van der Waals surface area contributed by atoms with Crippen molar-refractivity contribution in [3.05, 3.63) is 16.1 Å². The molecule has 1 rings (SSSR count). The lowest BCUT2D eigenvalue weighted by atomic mass is 10.4. The topological polar surface area (TPSA) is 25.4 Å². The predicted octanol–water partition coefficient (Wildman–Crippen LogP) is 2.17. The quantitative estimate of drug-likeness (QED) is 0.715. The van der Waals surface area contributed by atoms with Crippen molar-refractivity contribution in [3.63, 3.8) is 0 Å². The lowest BCUT2D eigenvalue weighted by Gasteiger charge is -2.16. The first kappa shape index (κ1) is 12.6. The molecule has 86 valence electrons. The third kappa shape index (κ3) is 4.28. The molecule has 0 bridgehead atoms. The molecule has 0 N–H and O–H groups in total. The smallest absolute Gasteiger partial charge is 0.0942 e. The number of thiazole rings is 1. The Kier molecular flexibility index (Phi) is 5.83. The number of hydrogen-bond donors (Lipinski definition) is 0. The number of aromatic nitrogens is 1. The van der Waals surface area contributed by atoms with E-state index < -0.39 is 0 Å². The van der Waals surface area contributed by atoms with Gasteiger partial charge in [0.25, 0.3) is 0 Å². The van der Waals surface area contributed by atoms with Gasteiger partial charge in [0.15, 0.2) is 0 Å². The van der Waals surface area contributed by atoms with E-state index in [-0.39, 0.29) is 0 Å². The second kappa shape index (κ2) is 6.93. The summed E-state index contributed by atoms with van der Waals surface area (Å²) in [5.41, 5.74) is 1.05. The fourth-order valence-electron chi connectivity index (χ4n) is 1.47. The molecule has 0 atom stereocenters. The minimum Gasteiger partial charge on any atom is -0.378 e. The van der Waals surface area contributed by atoms with Crippen molar-refractivity contribution in [1.29, 1.82) is 0 Å². The highest BCUT2D eigenvalue weighted by atomic mass is 32.1. The fourth-order valence-corrected chi connectivity index (χ4v) is 2.24. The van der Waals surface area contributed by atoms with Gasteiger partial charge in [-0.1, -0.05) is 13.8 Å². The van der Waals surface area contributed by atoms with E-state index in [1.165, 1.54) is 5.01 Å². The van der Waals surface area contributed by atoms with E-state index in [1.807, 2.05) is 0 Å². The standard InChI is InChI=1S/C11H20N2OS/c1-4-13(5-2)7-6-11-12-10(8-14-3)9-15-11/h9H,4-8H2,1-3H3.